The highest BCUT2D eigenvalue weighted by Gasteiger charge is 2.48. The molecule has 7 heteroatoms. The first kappa shape index (κ1) is 18.5. The van der Waals surface area contributed by atoms with E-state index in [4.69, 9.17) is 4.99 Å². The maximum absolute atomic E-state index is 12.1. The molecule has 7 nitrogen and oxygen atoms in total. The van der Waals surface area contributed by atoms with E-state index in [1.54, 1.807) is 0 Å². The van der Waals surface area contributed by atoms with Gasteiger partial charge in [-0.25, -0.2) is 4.79 Å². The normalized spacial score (nSPS) is 26.4. The van der Waals surface area contributed by atoms with Gasteiger partial charge in [-0.1, -0.05) is 20.8 Å². The fraction of sp³-hybridized carbons (Fsp3) is 0.824. The summed E-state index contributed by atoms with van der Waals surface area (Å²) >= 11 is 0. The van der Waals surface area contributed by atoms with Crippen molar-refractivity contribution in [1.29, 1.82) is 0 Å². The van der Waals surface area contributed by atoms with Gasteiger partial charge in [0.05, 0.1) is 0 Å². The molecule has 0 aromatic rings. The van der Waals surface area contributed by atoms with E-state index in [1.165, 1.54) is 0 Å². The van der Waals surface area contributed by atoms with Crippen LogP contribution in [-0.4, -0.2) is 54.5 Å². The largest absolute Gasteiger partial charge is 0.357 e. The van der Waals surface area contributed by atoms with Crippen LogP contribution in [-0.2, 0) is 4.79 Å². The number of carbonyl (C=O) groups excluding carboxylic acids is 2. The number of nitrogens with one attached hydrogen (secondary N) is 3. The van der Waals surface area contributed by atoms with Gasteiger partial charge in [-0.15, -0.1) is 0 Å². The van der Waals surface area contributed by atoms with Gasteiger partial charge in [0.1, 0.15) is 5.54 Å². The molecule has 136 valence electrons. The van der Waals surface area contributed by atoms with Crippen LogP contribution in [0.2, 0.25) is 0 Å². The maximum Gasteiger partial charge on any atom is 0.322 e. The molecule has 3 N–H and O–H groups in total. The monoisotopic (exact) mass is 337 g/mol. The number of guanidine groups is 1. The first-order chi connectivity index (χ1) is 11.2. The minimum atomic E-state index is -0.788. The number of urea groups is 1. The Morgan fingerprint density at radius 3 is 2.42 bits per heavy atom. The van der Waals surface area contributed by atoms with Crippen molar-refractivity contribution in [2.24, 2.45) is 16.3 Å². The van der Waals surface area contributed by atoms with Gasteiger partial charge in [0.15, 0.2) is 5.96 Å². The summed E-state index contributed by atoms with van der Waals surface area (Å²) in [6.07, 6.45) is 1.70. The second kappa shape index (κ2) is 6.99. The topological polar surface area (TPSA) is 85.8 Å². The second-order valence-corrected chi connectivity index (χ2v) is 8.10. The average Bonchev–Trinajstić information content (AvgIpc) is 2.76. The molecule has 0 aromatic carbocycles. The van der Waals surface area contributed by atoms with Crippen LogP contribution in [0.4, 0.5) is 4.79 Å². The highest BCUT2D eigenvalue weighted by atomic mass is 16.2. The van der Waals surface area contributed by atoms with Crippen molar-refractivity contribution in [1.82, 2.24) is 20.9 Å². The number of rotatable bonds is 3. The molecule has 24 heavy (non-hydrogen) atoms. The predicted molar refractivity (Wildman–Crippen MR) is 94.8 cm³/mol. The smallest absolute Gasteiger partial charge is 0.322 e. The van der Waals surface area contributed by atoms with Crippen molar-refractivity contribution < 1.29 is 9.59 Å². The lowest BCUT2D eigenvalue weighted by atomic mass is 9.79. The molecule has 2 fully saturated rings. The zero-order valence-electron chi connectivity index (χ0n) is 15.5. The summed E-state index contributed by atoms with van der Waals surface area (Å²) < 4.78 is 0. The van der Waals surface area contributed by atoms with Gasteiger partial charge in [-0.3, -0.25) is 15.1 Å². The third-order valence-corrected chi connectivity index (χ3v) is 4.72. The van der Waals surface area contributed by atoms with E-state index in [9.17, 15) is 9.59 Å². The molecule has 2 saturated heterocycles. The lowest BCUT2D eigenvalue weighted by Gasteiger charge is -2.40. The van der Waals surface area contributed by atoms with Crippen LogP contribution in [0.15, 0.2) is 4.99 Å². The minimum Gasteiger partial charge on any atom is -0.357 e. The summed E-state index contributed by atoms with van der Waals surface area (Å²) in [4.78, 5) is 30.6. The molecule has 2 heterocycles. The number of amides is 3. The van der Waals surface area contributed by atoms with E-state index in [0.717, 1.165) is 45.0 Å². The van der Waals surface area contributed by atoms with Crippen molar-refractivity contribution in [2.45, 2.75) is 53.0 Å². The summed E-state index contributed by atoms with van der Waals surface area (Å²) in [5, 5.41) is 8.52. The van der Waals surface area contributed by atoms with E-state index >= 15 is 0 Å². The molecule has 2 aliphatic heterocycles. The summed E-state index contributed by atoms with van der Waals surface area (Å²) in [5.74, 6) is 0.876. The fourth-order valence-corrected chi connectivity index (χ4v) is 3.25. The van der Waals surface area contributed by atoms with Gasteiger partial charge in [0, 0.05) is 26.2 Å². The average molecular weight is 337 g/mol. The minimum absolute atomic E-state index is 0.144. The van der Waals surface area contributed by atoms with Crippen LogP contribution in [0, 0.1) is 11.3 Å². The lowest BCUT2D eigenvalue weighted by Crippen LogP contribution is -2.55. The number of likely N-dealkylation sites (tertiary alicyclic amines) is 1. The Morgan fingerprint density at radius 1 is 1.33 bits per heavy atom. The van der Waals surface area contributed by atoms with Crippen LogP contribution >= 0.6 is 0 Å². The van der Waals surface area contributed by atoms with Crippen molar-refractivity contribution in [3.8, 4) is 0 Å². The van der Waals surface area contributed by atoms with E-state index in [-0.39, 0.29) is 23.3 Å². The summed E-state index contributed by atoms with van der Waals surface area (Å²) in [6, 6.07) is -0.384. The molecule has 3 amide bonds. The molecule has 1 unspecified atom stereocenters. The zero-order chi connectivity index (χ0) is 18.0. The standard InChI is InChI=1S/C17H31N5O2/c1-6-18-14(19-11-16(2,3)4)22-9-7-12(8-10-22)17(5)13(23)20-15(24)21-17/h12H,6-11H2,1-5H3,(H,18,19)(H2,20,21,23,24). The molecular weight excluding hydrogens is 306 g/mol. The molecule has 0 radical (unpaired) electrons. The molecule has 0 aromatic heterocycles. The molecule has 2 rings (SSSR count). The number of carbonyl (C=O) groups is 2. The van der Waals surface area contributed by atoms with Crippen LogP contribution in [0.3, 0.4) is 0 Å². The Kier molecular flexibility index (Phi) is 5.40. The van der Waals surface area contributed by atoms with Crippen LogP contribution in [0.5, 0.6) is 0 Å². The Balaban J connectivity index is 2.00. The van der Waals surface area contributed by atoms with Gasteiger partial charge in [0.25, 0.3) is 5.91 Å². The van der Waals surface area contributed by atoms with Gasteiger partial charge >= 0.3 is 6.03 Å². The van der Waals surface area contributed by atoms with Crippen molar-refractivity contribution >= 4 is 17.9 Å². The third kappa shape index (κ3) is 4.19. The number of nitrogens with zero attached hydrogens (tertiary/aromatic N) is 2. The number of hydrogen-bond donors (Lipinski definition) is 3. The fourth-order valence-electron chi connectivity index (χ4n) is 3.25. The SMILES string of the molecule is CCNC(=NCC(C)(C)C)N1CCC(C2(C)NC(=O)NC2=O)CC1. The van der Waals surface area contributed by atoms with E-state index in [2.05, 4.69) is 48.5 Å². The molecular formula is C17H31N5O2. The third-order valence-electron chi connectivity index (χ3n) is 4.72. The summed E-state index contributed by atoms with van der Waals surface area (Å²) in [5.41, 5.74) is -0.636. The highest BCUT2D eigenvalue weighted by Crippen LogP contribution is 2.30. The van der Waals surface area contributed by atoms with E-state index in [0.29, 0.717) is 0 Å². The molecule has 0 saturated carbocycles. The maximum atomic E-state index is 12.1. The van der Waals surface area contributed by atoms with Crippen LogP contribution < -0.4 is 16.0 Å². The number of piperidine rings is 1. The Bertz CT molecular complexity index is 518. The van der Waals surface area contributed by atoms with E-state index < -0.39 is 5.54 Å². The first-order valence-electron chi connectivity index (χ1n) is 8.82. The molecule has 1 atom stereocenters. The number of hydrogen-bond acceptors (Lipinski definition) is 3. The van der Waals surface area contributed by atoms with Crippen LogP contribution in [0.25, 0.3) is 0 Å². The van der Waals surface area contributed by atoms with Crippen molar-refractivity contribution in [3.63, 3.8) is 0 Å². The van der Waals surface area contributed by atoms with Crippen molar-refractivity contribution in [3.05, 3.63) is 0 Å². The van der Waals surface area contributed by atoms with Gasteiger partial charge < -0.3 is 15.5 Å². The first-order valence-corrected chi connectivity index (χ1v) is 8.82. The van der Waals surface area contributed by atoms with E-state index in [1.807, 2.05) is 6.92 Å². The zero-order valence-corrected chi connectivity index (χ0v) is 15.5. The molecule has 0 aliphatic carbocycles. The lowest BCUT2D eigenvalue weighted by molar-refractivity contribution is -0.125. The Morgan fingerprint density at radius 2 is 1.96 bits per heavy atom. The summed E-state index contributed by atoms with van der Waals surface area (Å²) in [7, 11) is 0. The van der Waals surface area contributed by atoms with Crippen LogP contribution in [0.1, 0.15) is 47.5 Å². The van der Waals surface area contributed by atoms with Gasteiger partial charge in [-0.05, 0) is 38.0 Å². The van der Waals surface area contributed by atoms with Gasteiger partial charge in [-0.2, -0.15) is 0 Å². The quantitative estimate of drug-likeness (QED) is 0.412. The van der Waals surface area contributed by atoms with Crippen molar-refractivity contribution in [2.75, 3.05) is 26.2 Å². The Labute approximate surface area is 144 Å². The van der Waals surface area contributed by atoms with Gasteiger partial charge in [0.2, 0.25) is 0 Å². The predicted octanol–water partition coefficient (Wildman–Crippen LogP) is 1.31. The Hall–Kier alpha value is -1.79. The molecule has 0 spiro atoms. The molecule has 2 aliphatic rings. The number of aliphatic imine (C=N–C) groups is 1. The summed E-state index contributed by atoms with van der Waals surface area (Å²) in [6.45, 7) is 13.7. The molecule has 0 bridgehead atoms. The highest BCUT2D eigenvalue weighted by molar-refractivity contribution is 6.07. The number of imide groups is 1. The second-order valence-electron chi connectivity index (χ2n) is 8.10.